The first-order valence-electron chi connectivity index (χ1n) is 1.13. The Labute approximate surface area is 50.6 Å². The van der Waals surface area contributed by atoms with Crippen LogP contribution < -0.4 is 0 Å². The Morgan fingerprint density at radius 2 is 2.60 bits per heavy atom. The van der Waals surface area contributed by atoms with E-state index in [0.29, 0.717) is 0 Å². The van der Waals surface area contributed by atoms with Crippen molar-refractivity contribution in [1.29, 1.82) is 0 Å². The van der Waals surface area contributed by atoms with Crippen molar-refractivity contribution in [2.24, 2.45) is 4.40 Å². The fraction of sp³-hybridized carbons (Fsp3) is 0.500. The van der Waals surface area contributed by atoms with Crippen LogP contribution in [0.5, 0.6) is 0 Å². The standard InChI is InChI=1S/C2H4INS/c3-1-2-4-5/h2,5H,1H2. The van der Waals surface area contributed by atoms with E-state index in [1.807, 2.05) is 0 Å². The van der Waals surface area contributed by atoms with Crippen molar-refractivity contribution in [2.45, 2.75) is 0 Å². The van der Waals surface area contributed by atoms with E-state index in [0.717, 1.165) is 4.43 Å². The molecule has 0 aromatic heterocycles. The number of halogens is 1. The summed E-state index contributed by atoms with van der Waals surface area (Å²) in [4.78, 5) is 0. The molecule has 0 atom stereocenters. The number of hydrogen-bond acceptors (Lipinski definition) is 2. The molecule has 0 amide bonds. The molecule has 0 aliphatic heterocycles. The second kappa shape index (κ2) is 4.75. The number of nitrogens with zero attached hydrogens (tertiary/aromatic N) is 1. The molecule has 0 aliphatic rings. The lowest BCUT2D eigenvalue weighted by molar-refractivity contribution is 1.95. The largest absolute Gasteiger partial charge is 0.231 e. The van der Waals surface area contributed by atoms with Crippen LogP contribution in [0.15, 0.2) is 4.40 Å². The first-order valence-corrected chi connectivity index (χ1v) is 3.06. The van der Waals surface area contributed by atoms with Gasteiger partial charge in [-0.05, 0) is 12.8 Å². The van der Waals surface area contributed by atoms with Crippen LogP contribution in [-0.4, -0.2) is 10.6 Å². The monoisotopic (exact) mass is 201 g/mol. The predicted octanol–water partition coefficient (Wildman–Crippen LogP) is 1.34. The fourth-order valence-electron chi connectivity index (χ4n) is 0.0309. The number of alkyl halides is 1. The van der Waals surface area contributed by atoms with E-state index in [1.165, 1.54) is 0 Å². The zero-order chi connectivity index (χ0) is 4.12. The summed E-state index contributed by atoms with van der Waals surface area (Å²) in [5, 5.41) is 0. The highest BCUT2D eigenvalue weighted by atomic mass is 127. The molecule has 3 heteroatoms. The van der Waals surface area contributed by atoms with Gasteiger partial charge in [0.1, 0.15) is 0 Å². The zero-order valence-corrected chi connectivity index (χ0v) is 5.61. The van der Waals surface area contributed by atoms with Crippen molar-refractivity contribution < 1.29 is 0 Å². The molecule has 0 aromatic carbocycles. The molecular weight excluding hydrogens is 197 g/mol. The van der Waals surface area contributed by atoms with E-state index in [1.54, 1.807) is 6.21 Å². The first-order chi connectivity index (χ1) is 2.41. The van der Waals surface area contributed by atoms with Crippen molar-refractivity contribution in [3.8, 4) is 0 Å². The van der Waals surface area contributed by atoms with Gasteiger partial charge < -0.3 is 0 Å². The van der Waals surface area contributed by atoms with Gasteiger partial charge >= 0.3 is 0 Å². The molecule has 0 saturated heterocycles. The van der Waals surface area contributed by atoms with E-state index >= 15 is 0 Å². The second-order valence-electron chi connectivity index (χ2n) is 0.452. The summed E-state index contributed by atoms with van der Waals surface area (Å²) in [7, 11) is 0. The van der Waals surface area contributed by atoms with Gasteiger partial charge in [0.25, 0.3) is 0 Å². The van der Waals surface area contributed by atoms with E-state index in [9.17, 15) is 0 Å². The van der Waals surface area contributed by atoms with Crippen molar-refractivity contribution in [3.63, 3.8) is 0 Å². The Morgan fingerprint density at radius 3 is 2.60 bits per heavy atom. The maximum Gasteiger partial charge on any atom is 0.0357 e. The highest BCUT2D eigenvalue weighted by Crippen LogP contribution is 1.75. The van der Waals surface area contributed by atoms with Gasteiger partial charge in [-0.1, -0.05) is 22.6 Å². The minimum absolute atomic E-state index is 0.946. The molecular formula is C2H4INS. The van der Waals surface area contributed by atoms with Crippen LogP contribution in [0.25, 0.3) is 0 Å². The van der Waals surface area contributed by atoms with Gasteiger partial charge in [0.05, 0.1) is 0 Å². The average Bonchev–Trinajstić information content (AvgIpc) is 1.41. The Hall–Kier alpha value is 0.750. The van der Waals surface area contributed by atoms with Crippen LogP contribution in [0, 0.1) is 0 Å². The highest BCUT2D eigenvalue weighted by molar-refractivity contribution is 14.1. The summed E-state index contributed by atoms with van der Waals surface area (Å²) in [5.74, 6) is 0. The molecule has 0 aromatic rings. The minimum atomic E-state index is 0.946. The lowest BCUT2D eigenvalue weighted by Crippen LogP contribution is -1.62. The Balaban J connectivity index is 2.62. The SMILES string of the molecule is SN=CCI. The highest BCUT2D eigenvalue weighted by Gasteiger charge is 1.56. The van der Waals surface area contributed by atoms with E-state index in [-0.39, 0.29) is 0 Å². The van der Waals surface area contributed by atoms with Gasteiger partial charge in [0.15, 0.2) is 0 Å². The van der Waals surface area contributed by atoms with E-state index in [4.69, 9.17) is 0 Å². The maximum atomic E-state index is 3.57. The minimum Gasteiger partial charge on any atom is -0.231 e. The van der Waals surface area contributed by atoms with Crippen LogP contribution >= 0.6 is 35.4 Å². The Bertz CT molecular complexity index is 36.6. The summed E-state index contributed by atoms with van der Waals surface area (Å²) in [5.41, 5.74) is 0. The van der Waals surface area contributed by atoms with Crippen molar-refractivity contribution >= 4 is 41.6 Å². The topological polar surface area (TPSA) is 12.4 Å². The molecule has 0 rings (SSSR count). The molecule has 30 valence electrons. The summed E-state index contributed by atoms with van der Waals surface area (Å²) in [6, 6.07) is 0. The Kier molecular flexibility index (Phi) is 5.46. The molecule has 0 radical (unpaired) electrons. The van der Waals surface area contributed by atoms with Gasteiger partial charge in [-0.3, -0.25) is 0 Å². The zero-order valence-electron chi connectivity index (χ0n) is 2.56. The molecule has 5 heavy (non-hydrogen) atoms. The quantitative estimate of drug-likeness (QED) is 0.284. The molecule has 0 fully saturated rings. The van der Waals surface area contributed by atoms with Gasteiger partial charge in [-0.2, -0.15) is 0 Å². The molecule has 0 aliphatic carbocycles. The van der Waals surface area contributed by atoms with Gasteiger partial charge in [0.2, 0.25) is 0 Å². The molecule has 0 N–H and O–H groups in total. The molecule has 0 bridgehead atoms. The number of thiol groups is 1. The van der Waals surface area contributed by atoms with Gasteiger partial charge in [0, 0.05) is 10.6 Å². The number of rotatable bonds is 1. The van der Waals surface area contributed by atoms with E-state index in [2.05, 4.69) is 39.8 Å². The summed E-state index contributed by atoms with van der Waals surface area (Å²) >= 11 is 5.75. The molecule has 0 spiro atoms. The Morgan fingerprint density at radius 1 is 2.00 bits per heavy atom. The molecule has 0 heterocycles. The van der Waals surface area contributed by atoms with Crippen LogP contribution in [0.3, 0.4) is 0 Å². The molecule has 0 saturated carbocycles. The molecule has 1 nitrogen and oxygen atoms in total. The summed E-state index contributed by atoms with van der Waals surface area (Å²) in [6.45, 7) is 0. The average molecular weight is 201 g/mol. The van der Waals surface area contributed by atoms with Crippen LogP contribution in [0.4, 0.5) is 0 Å². The third-order valence-corrected chi connectivity index (χ3v) is 0.708. The third kappa shape index (κ3) is 4.75. The van der Waals surface area contributed by atoms with Crippen molar-refractivity contribution in [3.05, 3.63) is 0 Å². The van der Waals surface area contributed by atoms with Crippen molar-refractivity contribution in [2.75, 3.05) is 4.43 Å². The lowest BCUT2D eigenvalue weighted by atomic mass is 10.9. The van der Waals surface area contributed by atoms with Crippen LogP contribution in [0.1, 0.15) is 0 Å². The lowest BCUT2D eigenvalue weighted by Gasteiger charge is -1.62. The van der Waals surface area contributed by atoms with Gasteiger partial charge in [-0.15, -0.1) is 0 Å². The second-order valence-corrected chi connectivity index (χ2v) is 1.56. The third-order valence-electron chi connectivity index (χ3n) is 0.151. The van der Waals surface area contributed by atoms with E-state index < -0.39 is 0 Å². The smallest absolute Gasteiger partial charge is 0.0357 e. The molecule has 0 unspecified atom stereocenters. The predicted molar refractivity (Wildman–Crippen MR) is 36.4 cm³/mol. The van der Waals surface area contributed by atoms with Crippen LogP contribution in [-0.2, 0) is 0 Å². The normalized spacial score (nSPS) is 10.0. The number of hydrogen-bond donors (Lipinski definition) is 1. The fourth-order valence-corrected chi connectivity index (χ4v) is 0.621. The van der Waals surface area contributed by atoms with Crippen LogP contribution in [0.2, 0.25) is 0 Å². The summed E-state index contributed by atoms with van der Waals surface area (Å²) in [6.07, 6.45) is 1.73. The maximum absolute atomic E-state index is 3.57. The summed E-state index contributed by atoms with van der Waals surface area (Å²) < 4.78 is 4.36. The van der Waals surface area contributed by atoms with Gasteiger partial charge in [-0.25, -0.2) is 4.40 Å². The first kappa shape index (κ1) is 5.75. The van der Waals surface area contributed by atoms with Crippen molar-refractivity contribution in [1.82, 2.24) is 0 Å².